The zero-order valence-electron chi connectivity index (χ0n) is 12.7. The quantitative estimate of drug-likeness (QED) is 0.930. The number of aryl methyl sites for hydroxylation is 2. The second-order valence-corrected chi connectivity index (χ2v) is 5.76. The van der Waals surface area contributed by atoms with Crippen molar-refractivity contribution in [2.24, 2.45) is 0 Å². The predicted octanol–water partition coefficient (Wildman–Crippen LogP) is 2.49. The van der Waals surface area contributed by atoms with E-state index < -0.39 is 0 Å². The third-order valence-corrected chi connectivity index (χ3v) is 3.82. The van der Waals surface area contributed by atoms with Crippen LogP contribution in [-0.4, -0.2) is 40.6 Å². The van der Waals surface area contributed by atoms with Crippen LogP contribution >= 0.6 is 24.0 Å². The summed E-state index contributed by atoms with van der Waals surface area (Å²) in [5, 5.41) is 8.59. The highest BCUT2D eigenvalue weighted by Crippen LogP contribution is 2.20. The summed E-state index contributed by atoms with van der Waals surface area (Å²) >= 11 is 6.03. The Labute approximate surface area is 141 Å². The van der Waals surface area contributed by atoms with Crippen molar-refractivity contribution in [3.8, 4) is 5.69 Å². The van der Waals surface area contributed by atoms with Gasteiger partial charge in [-0.05, 0) is 37.6 Å². The summed E-state index contributed by atoms with van der Waals surface area (Å²) in [6, 6.07) is 5.80. The first-order valence-electron chi connectivity index (χ1n) is 7.15. The van der Waals surface area contributed by atoms with E-state index in [9.17, 15) is 0 Å². The second-order valence-electron chi connectivity index (χ2n) is 5.32. The van der Waals surface area contributed by atoms with Crippen LogP contribution < -0.4 is 5.32 Å². The number of morpholine rings is 1. The van der Waals surface area contributed by atoms with Gasteiger partial charge in [0.2, 0.25) is 0 Å². The summed E-state index contributed by atoms with van der Waals surface area (Å²) < 4.78 is 7.67. The number of benzene rings is 1. The van der Waals surface area contributed by atoms with Gasteiger partial charge in [0, 0.05) is 24.5 Å². The molecule has 2 heterocycles. The molecule has 22 heavy (non-hydrogen) atoms. The highest BCUT2D eigenvalue weighted by Gasteiger charge is 2.19. The molecule has 1 aliphatic heterocycles. The molecule has 3 rings (SSSR count). The first-order valence-corrected chi connectivity index (χ1v) is 7.52. The van der Waals surface area contributed by atoms with Crippen LogP contribution in [0, 0.1) is 13.8 Å². The van der Waals surface area contributed by atoms with Gasteiger partial charge in [-0.25, -0.2) is 9.67 Å². The van der Waals surface area contributed by atoms with Gasteiger partial charge in [0.1, 0.15) is 11.6 Å². The van der Waals surface area contributed by atoms with Gasteiger partial charge in [-0.1, -0.05) is 11.6 Å². The number of aromatic nitrogens is 3. The smallest absolute Gasteiger partial charge is 0.148 e. The van der Waals surface area contributed by atoms with Gasteiger partial charge in [0.25, 0.3) is 0 Å². The summed E-state index contributed by atoms with van der Waals surface area (Å²) in [5.74, 6) is 1.69. The molecule has 0 spiro atoms. The minimum atomic E-state index is 0. The normalized spacial score (nSPS) is 18.0. The maximum absolute atomic E-state index is 6.03. The van der Waals surface area contributed by atoms with Crippen molar-refractivity contribution in [3.63, 3.8) is 0 Å². The molecule has 1 saturated heterocycles. The molecule has 0 saturated carbocycles. The fourth-order valence-corrected chi connectivity index (χ4v) is 2.82. The molecule has 0 radical (unpaired) electrons. The third kappa shape index (κ3) is 3.79. The maximum Gasteiger partial charge on any atom is 0.148 e. The number of hydrogen-bond acceptors (Lipinski definition) is 4. The molecule has 0 bridgehead atoms. The minimum absolute atomic E-state index is 0. The number of hydrogen-bond donors (Lipinski definition) is 1. The van der Waals surface area contributed by atoms with Crippen molar-refractivity contribution in [2.45, 2.75) is 26.4 Å². The second kappa shape index (κ2) is 7.42. The average Bonchev–Trinajstić information content (AvgIpc) is 2.80. The fraction of sp³-hybridized carbons (Fsp3) is 0.467. The van der Waals surface area contributed by atoms with Crippen LogP contribution in [0.5, 0.6) is 0 Å². The number of nitrogens with zero attached hydrogens (tertiary/aromatic N) is 3. The Balaban J connectivity index is 0.00000176. The highest BCUT2D eigenvalue weighted by molar-refractivity contribution is 6.30. The Morgan fingerprint density at radius 2 is 2.23 bits per heavy atom. The van der Waals surface area contributed by atoms with Crippen LogP contribution in [0.1, 0.15) is 17.2 Å². The van der Waals surface area contributed by atoms with E-state index in [1.165, 1.54) is 0 Å². The number of ether oxygens (including phenoxy) is 1. The number of nitrogens with one attached hydrogen (secondary N) is 1. The standard InChI is InChI=1S/C15H19ClN4O.ClH/c1-10-7-12(16)3-4-14(10)20-15(18-11(2)19-20)8-13-9-17-5-6-21-13;/h3-4,7,13,17H,5-6,8-9H2,1-2H3;1H. The van der Waals surface area contributed by atoms with E-state index in [2.05, 4.69) is 15.4 Å². The first kappa shape index (κ1) is 17.2. The summed E-state index contributed by atoms with van der Waals surface area (Å²) in [7, 11) is 0. The molecule has 1 unspecified atom stereocenters. The lowest BCUT2D eigenvalue weighted by atomic mass is 10.2. The Morgan fingerprint density at radius 3 is 2.91 bits per heavy atom. The van der Waals surface area contributed by atoms with Crippen molar-refractivity contribution < 1.29 is 4.74 Å². The SMILES string of the molecule is Cc1nc(CC2CNCCO2)n(-c2ccc(Cl)cc2C)n1.Cl. The summed E-state index contributed by atoms with van der Waals surface area (Å²) in [5.41, 5.74) is 2.09. The minimum Gasteiger partial charge on any atom is -0.375 e. The molecule has 0 amide bonds. The molecule has 1 aromatic heterocycles. The van der Waals surface area contributed by atoms with Gasteiger partial charge in [0.05, 0.1) is 18.4 Å². The van der Waals surface area contributed by atoms with Gasteiger partial charge < -0.3 is 10.1 Å². The molecule has 1 fully saturated rings. The van der Waals surface area contributed by atoms with Crippen molar-refractivity contribution in [3.05, 3.63) is 40.4 Å². The van der Waals surface area contributed by atoms with Gasteiger partial charge in [-0.2, -0.15) is 5.10 Å². The molecule has 5 nitrogen and oxygen atoms in total. The maximum atomic E-state index is 6.03. The Kier molecular flexibility index (Phi) is 5.81. The van der Waals surface area contributed by atoms with Crippen LogP contribution in [0.25, 0.3) is 5.69 Å². The molecular weight excluding hydrogens is 323 g/mol. The summed E-state index contributed by atoms with van der Waals surface area (Å²) in [6.07, 6.45) is 0.893. The van der Waals surface area contributed by atoms with E-state index in [-0.39, 0.29) is 18.5 Å². The van der Waals surface area contributed by atoms with E-state index >= 15 is 0 Å². The lowest BCUT2D eigenvalue weighted by molar-refractivity contribution is 0.0277. The Hall–Kier alpha value is -1.14. The topological polar surface area (TPSA) is 52.0 Å². The molecule has 1 aromatic carbocycles. The lowest BCUT2D eigenvalue weighted by Gasteiger charge is -2.23. The Bertz CT molecular complexity index is 638. The molecule has 1 atom stereocenters. The molecular formula is C15H20Cl2N4O. The van der Waals surface area contributed by atoms with E-state index in [1.807, 2.05) is 36.7 Å². The largest absolute Gasteiger partial charge is 0.375 e. The molecule has 0 aliphatic carbocycles. The van der Waals surface area contributed by atoms with Crippen LogP contribution in [-0.2, 0) is 11.2 Å². The fourth-order valence-electron chi connectivity index (χ4n) is 2.59. The Morgan fingerprint density at radius 1 is 1.41 bits per heavy atom. The molecule has 1 aliphatic rings. The van der Waals surface area contributed by atoms with Gasteiger partial charge in [0.15, 0.2) is 0 Å². The monoisotopic (exact) mass is 342 g/mol. The molecule has 1 N–H and O–H groups in total. The summed E-state index contributed by atoms with van der Waals surface area (Å²) in [4.78, 5) is 4.56. The molecule has 2 aromatic rings. The van der Waals surface area contributed by atoms with Crippen LogP contribution in [0.4, 0.5) is 0 Å². The van der Waals surface area contributed by atoms with Crippen LogP contribution in [0.2, 0.25) is 5.02 Å². The van der Waals surface area contributed by atoms with E-state index in [0.29, 0.717) is 0 Å². The van der Waals surface area contributed by atoms with E-state index in [1.54, 1.807) is 0 Å². The van der Waals surface area contributed by atoms with Crippen molar-refractivity contribution in [1.29, 1.82) is 0 Å². The van der Waals surface area contributed by atoms with E-state index in [0.717, 1.165) is 54.0 Å². The molecule has 120 valence electrons. The van der Waals surface area contributed by atoms with Gasteiger partial charge in [-0.3, -0.25) is 0 Å². The number of halogens is 2. The van der Waals surface area contributed by atoms with Crippen LogP contribution in [0.15, 0.2) is 18.2 Å². The zero-order chi connectivity index (χ0) is 14.8. The van der Waals surface area contributed by atoms with Crippen molar-refractivity contribution in [1.82, 2.24) is 20.1 Å². The van der Waals surface area contributed by atoms with E-state index in [4.69, 9.17) is 16.3 Å². The average molecular weight is 343 g/mol. The van der Waals surface area contributed by atoms with Gasteiger partial charge in [-0.15, -0.1) is 12.4 Å². The molecule has 7 heteroatoms. The van der Waals surface area contributed by atoms with Gasteiger partial charge >= 0.3 is 0 Å². The summed E-state index contributed by atoms with van der Waals surface area (Å²) in [6.45, 7) is 6.45. The lowest BCUT2D eigenvalue weighted by Crippen LogP contribution is -2.40. The predicted molar refractivity (Wildman–Crippen MR) is 89.4 cm³/mol. The van der Waals surface area contributed by atoms with Crippen molar-refractivity contribution in [2.75, 3.05) is 19.7 Å². The highest BCUT2D eigenvalue weighted by atomic mass is 35.5. The van der Waals surface area contributed by atoms with Crippen LogP contribution in [0.3, 0.4) is 0 Å². The first-order chi connectivity index (χ1) is 10.1. The third-order valence-electron chi connectivity index (χ3n) is 3.58. The van der Waals surface area contributed by atoms with Crippen molar-refractivity contribution >= 4 is 24.0 Å². The zero-order valence-corrected chi connectivity index (χ0v) is 14.2. The number of rotatable bonds is 3.